The molecule has 7 heteroatoms. The van der Waals surface area contributed by atoms with Crippen LogP contribution in [0.4, 0.5) is 0 Å². The molecule has 0 atom stereocenters. The van der Waals surface area contributed by atoms with Crippen LogP contribution < -0.4 is 9.47 Å². The summed E-state index contributed by atoms with van der Waals surface area (Å²) in [5.41, 5.74) is 6.07. The van der Waals surface area contributed by atoms with E-state index in [1.807, 2.05) is 84.9 Å². The largest absolute Gasteiger partial charge is 0.780 e. The van der Waals surface area contributed by atoms with Gasteiger partial charge in [-0.2, -0.15) is 19.6 Å². The van der Waals surface area contributed by atoms with Crippen LogP contribution in [0.5, 0.6) is 11.5 Å². The molecule has 0 fully saturated rings. The van der Waals surface area contributed by atoms with Gasteiger partial charge in [-0.1, -0.05) is 112 Å². The molecule has 4 aromatic carbocycles. The minimum Gasteiger partial charge on any atom is -0.780 e. The second-order valence-electron chi connectivity index (χ2n) is 12.1. The Labute approximate surface area is 315 Å². The summed E-state index contributed by atoms with van der Waals surface area (Å²) in [5.74, 6) is 2.86. The summed E-state index contributed by atoms with van der Waals surface area (Å²) in [6, 6.07) is 32.0. The zero-order valence-electron chi connectivity index (χ0n) is 28.0. The average Bonchev–Trinajstić information content (AvgIpc) is 3.05. The first-order valence-electron chi connectivity index (χ1n) is 15.7. The van der Waals surface area contributed by atoms with Crippen molar-refractivity contribution in [3.05, 3.63) is 130 Å². The molecule has 0 heterocycles. The fourth-order valence-corrected chi connectivity index (χ4v) is 5.44. The van der Waals surface area contributed by atoms with Crippen LogP contribution in [0.25, 0.3) is 19.6 Å². The zero-order valence-corrected chi connectivity index (χ0v) is 32.2. The average molecular weight is 744 g/mol. The predicted molar refractivity (Wildman–Crippen MR) is 208 cm³/mol. The molecule has 4 aromatic rings. The molecular formula is C40H44NiO2S4-4. The van der Waals surface area contributed by atoms with Crippen LogP contribution in [0, 0.1) is 25.7 Å². The van der Waals surface area contributed by atoms with E-state index in [9.17, 15) is 0 Å². The van der Waals surface area contributed by atoms with Crippen molar-refractivity contribution in [3.8, 4) is 11.5 Å². The molecule has 0 amide bonds. The number of aryl methyl sites for hydroxylation is 2. The topological polar surface area (TPSA) is 18.5 Å². The number of ether oxygens (including phenoxy) is 2. The molecule has 0 aliphatic heterocycles. The second kappa shape index (κ2) is 20.6. The van der Waals surface area contributed by atoms with E-state index in [0.717, 1.165) is 57.7 Å². The quantitative estimate of drug-likeness (QED) is 0.0811. The Morgan fingerprint density at radius 2 is 0.851 bits per heavy atom. The summed E-state index contributed by atoms with van der Waals surface area (Å²) in [6.45, 7) is 14.2. The summed E-state index contributed by atoms with van der Waals surface area (Å²) in [6.07, 6.45) is 2.03. The summed E-state index contributed by atoms with van der Waals surface area (Å²) in [4.78, 5) is 2.74. The SMILES string of the molecule is Cc1ccc(OCCC(C)C)c(/C([S-])=C(/[S-])c2ccccc2)c1.Cc1ccc(OCCC(C)C)c(/C([S-])=C(/[S-])c2ccccc2)c1.[Ni]. The van der Waals surface area contributed by atoms with Gasteiger partial charge in [-0.05, 0) is 85.0 Å². The van der Waals surface area contributed by atoms with Gasteiger partial charge in [0.15, 0.2) is 0 Å². The number of hydrogen-bond acceptors (Lipinski definition) is 6. The van der Waals surface area contributed by atoms with Gasteiger partial charge in [0.25, 0.3) is 0 Å². The molecule has 4 rings (SSSR count). The maximum atomic E-state index is 5.96. The van der Waals surface area contributed by atoms with E-state index in [2.05, 4.69) is 53.7 Å². The van der Waals surface area contributed by atoms with Crippen LogP contribution in [-0.2, 0) is 67.0 Å². The molecule has 0 aliphatic rings. The van der Waals surface area contributed by atoms with Crippen molar-refractivity contribution in [1.29, 1.82) is 0 Å². The van der Waals surface area contributed by atoms with Gasteiger partial charge in [0, 0.05) is 16.5 Å². The summed E-state index contributed by atoms with van der Waals surface area (Å²) in [7, 11) is 0. The van der Waals surface area contributed by atoms with Crippen molar-refractivity contribution in [3.63, 3.8) is 0 Å². The predicted octanol–water partition coefficient (Wildman–Crippen LogP) is 10.7. The van der Waals surface area contributed by atoms with Gasteiger partial charge in [0.2, 0.25) is 0 Å². The van der Waals surface area contributed by atoms with Gasteiger partial charge in [-0.3, -0.25) is 0 Å². The summed E-state index contributed by atoms with van der Waals surface area (Å²) in [5, 5.41) is 0. The van der Waals surface area contributed by atoms with Gasteiger partial charge in [-0.15, -0.1) is 0 Å². The molecule has 47 heavy (non-hydrogen) atoms. The maximum absolute atomic E-state index is 5.96. The molecule has 0 aliphatic carbocycles. The van der Waals surface area contributed by atoms with Crippen molar-refractivity contribution < 1.29 is 26.0 Å². The molecule has 0 radical (unpaired) electrons. The maximum Gasteiger partial charge on any atom is 0.124 e. The Morgan fingerprint density at radius 3 is 1.17 bits per heavy atom. The van der Waals surface area contributed by atoms with E-state index in [1.165, 1.54) is 0 Å². The van der Waals surface area contributed by atoms with Gasteiger partial charge in [-0.25, -0.2) is 0 Å². The van der Waals surface area contributed by atoms with Crippen LogP contribution in [0.1, 0.15) is 73.9 Å². The molecule has 0 aromatic heterocycles. The van der Waals surface area contributed by atoms with Crippen molar-refractivity contribution in [2.75, 3.05) is 13.2 Å². The van der Waals surface area contributed by atoms with Gasteiger partial charge >= 0.3 is 0 Å². The third kappa shape index (κ3) is 13.0. The van der Waals surface area contributed by atoms with Crippen molar-refractivity contribution >= 4 is 70.1 Å². The molecule has 0 N–H and O–H groups in total. The van der Waals surface area contributed by atoms with Gasteiger partial charge in [0.05, 0.1) is 13.2 Å². The van der Waals surface area contributed by atoms with E-state index >= 15 is 0 Å². The van der Waals surface area contributed by atoms with Crippen LogP contribution in [0.15, 0.2) is 97.1 Å². The molecule has 0 bridgehead atoms. The fraction of sp³-hybridized carbons (Fsp3) is 0.300. The Kier molecular flexibility index (Phi) is 17.8. The molecule has 2 nitrogen and oxygen atoms in total. The monoisotopic (exact) mass is 742 g/mol. The standard InChI is InChI=1S/2C20H24OS2.Ni/c2*1-14(2)11-12-21-18-10-9-15(3)13-17(18)20(23)19(22)16-7-5-4-6-8-16;/h2*4-10,13-14,22-23H,11-12H2,1-3H3;/p-4/b2*20-19-;. The van der Waals surface area contributed by atoms with Gasteiger partial charge in [0.1, 0.15) is 11.5 Å². The summed E-state index contributed by atoms with van der Waals surface area (Å²) < 4.78 is 11.9. The third-order valence-corrected chi connectivity index (χ3v) is 9.14. The third-order valence-electron chi connectivity index (χ3n) is 7.15. The number of benzene rings is 4. The van der Waals surface area contributed by atoms with Crippen LogP contribution in [0.2, 0.25) is 0 Å². The molecule has 0 saturated carbocycles. The first-order valence-corrected chi connectivity index (χ1v) is 17.4. The molecule has 0 saturated heterocycles. The van der Waals surface area contributed by atoms with Crippen molar-refractivity contribution in [2.24, 2.45) is 11.8 Å². The van der Waals surface area contributed by atoms with Crippen LogP contribution >= 0.6 is 0 Å². The fourth-order valence-electron chi connectivity index (χ4n) is 4.39. The second-order valence-corrected chi connectivity index (χ2v) is 13.7. The first kappa shape index (κ1) is 40.5. The zero-order chi connectivity index (χ0) is 33.6. The first-order chi connectivity index (χ1) is 22.0. The summed E-state index contributed by atoms with van der Waals surface area (Å²) >= 11 is 22.5. The molecule has 0 spiro atoms. The number of hydrogen-bond donors (Lipinski definition) is 0. The Morgan fingerprint density at radius 1 is 0.511 bits per heavy atom. The molecular weight excluding hydrogens is 699 g/mol. The smallest absolute Gasteiger partial charge is 0.124 e. The molecule has 0 unspecified atom stereocenters. The Balaban J connectivity index is 0.000000320. The van der Waals surface area contributed by atoms with E-state index in [1.54, 1.807) is 0 Å². The van der Waals surface area contributed by atoms with Crippen molar-refractivity contribution in [1.82, 2.24) is 0 Å². The number of rotatable bonds is 12. The normalized spacial score (nSPS) is 11.9. The van der Waals surface area contributed by atoms with Gasteiger partial charge < -0.3 is 60.0 Å². The van der Waals surface area contributed by atoms with Crippen LogP contribution in [-0.4, -0.2) is 13.2 Å². The van der Waals surface area contributed by atoms with E-state index < -0.39 is 0 Å². The molecule has 254 valence electrons. The van der Waals surface area contributed by atoms with Crippen LogP contribution in [0.3, 0.4) is 0 Å². The Bertz CT molecular complexity index is 1480. The van der Waals surface area contributed by atoms with E-state index in [-0.39, 0.29) is 16.5 Å². The Hall–Kier alpha value is -2.67. The van der Waals surface area contributed by atoms with E-state index in [4.69, 9.17) is 60.0 Å². The minimum absolute atomic E-state index is 0. The minimum atomic E-state index is 0. The van der Waals surface area contributed by atoms with Crippen molar-refractivity contribution in [2.45, 2.75) is 54.4 Å². The van der Waals surface area contributed by atoms with E-state index in [0.29, 0.717) is 44.7 Å².